The van der Waals surface area contributed by atoms with E-state index in [4.69, 9.17) is 14.2 Å². The van der Waals surface area contributed by atoms with Crippen LogP contribution < -0.4 is 30.1 Å². The van der Waals surface area contributed by atoms with Crippen LogP contribution in [-0.2, 0) is 16.1 Å². The number of aromatic carboxylic acids is 1. The molecule has 0 atom stereocenters. The summed E-state index contributed by atoms with van der Waals surface area (Å²) in [7, 11) is 0. The lowest BCUT2D eigenvalue weighted by molar-refractivity contribution is -0.255. The van der Waals surface area contributed by atoms with Gasteiger partial charge >= 0.3 is 11.8 Å². The van der Waals surface area contributed by atoms with E-state index in [0.29, 0.717) is 23.7 Å². The van der Waals surface area contributed by atoms with Gasteiger partial charge in [0.05, 0.1) is 18.8 Å². The average Bonchev–Trinajstić information content (AvgIpc) is 3.20. The van der Waals surface area contributed by atoms with Crippen molar-refractivity contribution in [3.05, 3.63) is 53.1 Å². The number of nitrogens with zero attached hydrogens (tertiary/aromatic N) is 1. The second-order valence-electron chi connectivity index (χ2n) is 6.05. The third kappa shape index (κ3) is 5.04. The monoisotopic (exact) mass is 412 g/mol. The van der Waals surface area contributed by atoms with Crippen molar-refractivity contribution in [2.75, 3.05) is 13.4 Å². The minimum Gasteiger partial charge on any atom is -0.545 e. The van der Waals surface area contributed by atoms with Gasteiger partial charge in [0.25, 0.3) is 0 Å². The summed E-state index contributed by atoms with van der Waals surface area (Å²) >= 11 is 0. The highest BCUT2D eigenvalue weighted by molar-refractivity contribution is 6.35. The molecule has 10 heteroatoms. The van der Waals surface area contributed by atoms with Gasteiger partial charge < -0.3 is 29.4 Å². The van der Waals surface area contributed by atoms with Gasteiger partial charge in [0.2, 0.25) is 6.79 Å². The van der Waals surface area contributed by atoms with Crippen molar-refractivity contribution in [2.45, 2.75) is 13.5 Å². The molecule has 0 fully saturated rings. The van der Waals surface area contributed by atoms with E-state index in [1.165, 1.54) is 18.3 Å². The third-order valence-corrected chi connectivity index (χ3v) is 4.00. The van der Waals surface area contributed by atoms with Gasteiger partial charge in [-0.15, -0.1) is 0 Å². The van der Waals surface area contributed by atoms with Crippen LogP contribution in [0.3, 0.4) is 0 Å². The predicted octanol–water partition coefficient (Wildman–Crippen LogP) is -0.0560. The molecule has 10 nitrogen and oxygen atoms in total. The van der Waals surface area contributed by atoms with Crippen molar-refractivity contribution >= 4 is 24.0 Å². The second kappa shape index (κ2) is 9.41. The fourth-order valence-corrected chi connectivity index (χ4v) is 2.60. The number of rotatable bonds is 7. The summed E-state index contributed by atoms with van der Waals surface area (Å²) in [5.41, 5.74) is 3.04. The van der Waals surface area contributed by atoms with Crippen molar-refractivity contribution in [1.29, 1.82) is 0 Å². The molecule has 2 amide bonds. The van der Waals surface area contributed by atoms with Gasteiger partial charge in [-0.25, -0.2) is 5.43 Å². The molecule has 3 rings (SSSR count). The Morgan fingerprint density at radius 1 is 1.13 bits per heavy atom. The van der Waals surface area contributed by atoms with Gasteiger partial charge in [0, 0.05) is 12.1 Å². The third-order valence-electron chi connectivity index (χ3n) is 4.00. The van der Waals surface area contributed by atoms with Gasteiger partial charge in [0.15, 0.2) is 11.5 Å². The topological polar surface area (TPSA) is 138 Å². The fraction of sp³-hybridized carbons (Fsp3) is 0.200. The molecule has 0 unspecified atom stereocenters. The molecule has 1 heterocycles. The molecular formula is C20H18N3O7-. The Kier molecular flexibility index (Phi) is 6.48. The number of fused-ring (bicyclic) bond motifs is 1. The highest BCUT2D eigenvalue weighted by Gasteiger charge is 2.15. The highest BCUT2D eigenvalue weighted by atomic mass is 16.7. The van der Waals surface area contributed by atoms with Gasteiger partial charge in [-0.2, -0.15) is 5.10 Å². The number of carboxylic acids is 1. The van der Waals surface area contributed by atoms with Crippen LogP contribution in [0.2, 0.25) is 0 Å². The smallest absolute Gasteiger partial charge is 0.329 e. The zero-order valence-electron chi connectivity index (χ0n) is 16.0. The first kappa shape index (κ1) is 20.6. The van der Waals surface area contributed by atoms with Crippen LogP contribution in [0.1, 0.15) is 28.4 Å². The Labute approximate surface area is 171 Å². The summed E-state index contributed by atoms with van der Waals surface area (Å²) in [6.07, 6.45) is 1.20. The van der Waals surface area contributed by atoms with Gasteiger partial charge in [-0.1, -0.05) is 6.07 Å². The van der Waals surface area contributed by atoms with Crippen LogP contribution in [0.15, 0.2) is 41.5 Å². The Morgan fingerprint density at radius 2 is 1.93 bits per heavy atom. The molecule has 2 N–H and O–H groups in total. The van der Waals surface area contributed by atoms with Crippen LogP contribution in [0.25, 0.3) is 0 Å². The molecule has 1 aliphatic heterocycles. The lowest BCUT2D eigenvalue weighted by atomic mass is 10.1. The summed E-state index contributed by atoms with van der Waals surface area (Å²) < 4.78 is 15.7. The first-order valence-electron chi connectivity index (χ1n) is 8.96. The normalized spacial score (nSPS) is 11.9. The number of nitrogens with one attached hydrogen (secondary N) is 2. The average molecular weight is 412 g/mol. The summed E-state index contributed by atoms with van der Waals surface area (Å²) in [5, 5.41) is 17.3. The van der Waals surface area contributed by atoms with Crippen molar-refractivity contribution < 1.29 is 33.7 Å². The lowest BCUT2D eigenvalue weighted by Crippen LogP contribution is -2.37. The molecule has 2 aromatic rings. The Balaban J connectivity index is 1.53. The van der Waals surface area contributed by atoms with Crippen molar-refractivity contribution in [3.63, 3.8) is 0 Å². The van der Waals surface area contributed by atoms with Crippen LogP contribution >= 0.6 is 0 Å². The molecule has 0 bridgehead atoms. The maximum absolute atomic E-state index is 11.9. The number of carboxylic acid groups (broad SMARTS) is 1. The van der Waals surface area contributed by atoms with E-state index in [1.54, 1.807) is 31.2 Å². The minimum atomic E-state index is -1.40. The lowest BCUT2D eigenvalue weighted by Gasteiger charge is -2.11. The van der Waals surface area contributed by atoms with Crippen LogP contribution in [0.4, 0.5) is 0 Å². The molecule has 30 heavy (non-hydrogen) atoms. The molecule has 0 radical (unpaired) electrons. The van der Waals surface area contributed by atoms with Crippen LogP contribution in [-0.4, -0.2) is 37.4 Å². The quantitative estimate of drug-likeness (QED) is 0.369. The first-order chi connectivity index (χ1) is 14.5. The summed E-state index contributed by atoms with van der Waals surface area (Å²) in [6.45, 7) is 2.28. The van der Waals surface area contributed by atoms with Crippen LogP contribution in [0.5, 0.6) is 17.2 Å². The number of hydrazone groups is 1. The summed E-state index contributed by atoms with van der Waals surface area (Å²) in [5.74, 6) is -1.90. The molecule has 0 spiro atoms. The van der Waals surface area contributed by atoms with E-state index in [1.807, 2.05) is 0 Å². The van der Waals surface area contributed by atoms with Gasteiger partial charge in [-0.3, -0.25) is 9.59 Å². The van der Waals surface area contributed by atoms with Crippen LogP contribution in [0, 0.1) is 0 Å². The highest BCUT2D eigenvalue weighted by Crippen LogP contribution is 2.32. The van der Waals surface area contributed by atoms with Crippen molar-refractivity contribution in [2.24, 2.45) is 5.10 Å². The maximum Gasteiger partial charge on any atom is 0.329 e. The van der Waals surface area contributed by atoms with Gasteiger partial charge in [0.1, 0.15) is 5.75 Å². The molecule has 1 aliphatic rings. The fourth-order valence-electron chi connectivity index (χ4n) is 2.60. The van der Waals surface area contributed by atoms with Gasteiger partial charge in [-0.05, 0) is 48.4 Å². The number of hydrogen-bond donors (Lipinski definition) is 2. The zero-order chi connectivity index (χ0) is 21.5. The molecule has 0 aliphatic carbocycles. The predicted molar refractivity (Wildman–Crippen MR) is 102 cm³/mol. The largest absolute Gasteiger partial charge is 0.545 e. The first-order valence-corrected chi connectivity index (χ1v) is 8.96. The van der Waals surface area contributed by atoms with E-state index in [-0.39, 0.29) is 24.7 Å². The molecule has 0 saturated carbocycles. The Bertz CT molecular complexity index is 1000. The number of ether oxygens (including phenoxy) is 3. The number of carbonyl (C=O) groups is 3. The van der Waals surface area contributed by atoms with E-state index >= 15 is 0 Å². The molecular weight excluding hydrogens is 394 g/mol. The maximum atomic E-state index is 11.9. The molecule has 156 valence electrons. The zero-order valence-corrected chi connectivity index (χ0v) is 16.0. The minimum absolute atomic E-state index is 0.112. The molecule has 0 aromatic heterocycles. The van der Waals surface area contributed by atoms with Crippen molar-refractivity contribution in [1.82, 2.24) is 10.7 Å². The Morgan fingerprint density at radius 3 is 2.70 bits per heavy atom. The van der Waals surface area contributed by atoms with Crippen molar-refractivity contribution in [3.8, 4) is 17.2 Å². The van der Waals surface area contributed by atoms with E-state index in [0.717, 1.165) is 5.56 Å². The number of hydrogen-bond acceptors (Lipinski definition) is 8. The second-order valence-corrected chi connectivity index (χ2v) is 6.05. The standard InChI is InChI=1S/C20H19N3O7/c1-2-28-15-5-3-12(7-14(15)20(26)27)10-22-23-19(25)18(24)21-9-13-4-6-16-17(8-13)30-11-29-16/h3-8,10H,2,9,11H2,1H3,(H,21,24)(H,23,25)(H,26,27)/p-1/b22-10-. The number of benzene rings is 2. The molecule has 0 saturated heterocycles. The Hall–Kier alpha value is -4.08. The number of amides is 2. The van der Waals surface area contributed by atoms with E-state index < -0.39 is 17.8 Å². The molecule has 2 aromatic carbocycles. The summed E-state index contributed by atoms with van der Waals surface area (Å²) in [6, 6.07) is 9.45. The SMILES string of the molecule is CCOc1ccc(/C=N\NC(=O)C(=O)NCc2ccc3c(c2)OCO3)cc1C(=O)[O-]. The van der Waals surface area contributed by atoms with E-state index in [2.05, 4.69) is 15.8 Å². The van der Waals surface area contributed by atoms with E-state index in [9.17, 15) is 19.5 Å². The summed E-state index contributed by atoms with van der Waals surface area (Å²) in [4.78, 5) is 34.9. The number of carbonyl (C=O) groups excluding carboxylic acids is 3.